The number of piperidine rings is 1. The molecular weight excluding hydrogens is 282 g/mol. The molecule has 2 rings (SSSR count). The fraction of sp³-hybridized carbons (Fsp3) is 0.667. The van der Waals surface area contributed by atoms with Crippen LogP contribution in [0, 0.1) is 6.92 Å². The average molecular weight is 300 g/mol. The smallest absolute Gasteiger partial charge is 0.272 e. The molecule has 1 aromatic heterocycles. The van der Waals surface area contributed by atoms with E-state index in [-0.39, 0.29) is 5.91 Å². The molecule has 0 N–H and O–H groups in total. The number of hydrogen-bond acceptors (Lipinski definition) is 2. The molecule has 94 valence electrons. The second-order valence-electron chi connectivity index (χ2n) is 4.45. The molecule has 2 heterocycles. The number of aryl methyl sites for hydroxylation is 2. The molecule has 0 spiro atoms. The maximum absolute atomic E-state index is 12.3. The summed E-state index contributed by atoms with van der Waals surface area (Å²) in [6, 6.07) is 1.88. The fourth-order valence-corrected chi connectivity index (χ4v) is 2.58. The largest absolute Gasteiger partial charge is 0.337 e. The summed E-state index contributed by atoms with van der Waals surface area (Å²) in [5.74, 6) is 0.117. The van der Waals surface area contributed by atoms with E-state index in [0.29, 0.717) is 4.83 Å². The standard InChI is InChI=1S/C12H18BrN3O/c1-3-16-11(8-9(2)14-16)12(17)15-6-4-10(13)5-7-15/h8,10H,3-7H2,1-2H3. The lowest BCUT2D eigenvalue weighted by molar-refractivity contribution is 0.0716. The number of rotatable bonds is 2. The van der Waals surface area contributed by atoms with Crippen molar-refractivity contribution < 1.29 is 4.79 Å². The van der Waals surface area contributed by atoms with Crippen molar-refractivity contribution in [3.63, 3.8) is 0 Å². The minimum absolute atomic E-state index is 0.117. The van der Waals surface area contributed by atoms with Crippen LogP contribution in [0.25, 0.3) is 0 Å². The molecule has 1 aliphatic heterocycles. The third kappa shape index (κ3) is 2.70. The molecule has 1 aromatic rings. The minimum atomic E-state index is 0.117. The first-order valence-corrected chi connectivity index (χ1v) is 7.01. The van der Waals surface area contributed by atoms with Gasteiger partial charge in [0.1, 0.15) is 5.69 Å². The lowest BCUT2D eigenvalue weighted by atomic mass is 10.1. The van der Waals surface area contributed by atoms with Crippen molar-refractivity contribution in [3.8, 4) is 0 Å². The first-order valence-electron chi connectivity index (χ1n) is 6.09. The minimum Gasteiger partial charge on any atom is -0.337 e. The van der Waals surface area contributed by atoms with Crippen LogP contribution in [-0.4, -0.2) is 38.5 Å². The maximum Gasteiger partial charge on any atom is 0.272 e. The predicted octanol–water partition coefficient (Wildman–Crippen LogP) is 2.21. The summed E-state index contributed by atoms with van der Waals surface area (Å²) in [4.78, 5) is 14.8. The van der Waals surface area contributed by atoms with Crippen molar-refractivity contribution >= 4 is 21.8 Å². The van der Waals surface area contributed by atoms with E-state index in [4.69, 9.17) is 0 Å². The van der Waals surface area contributed by atoms with Crippen LogP contribution in [0.5, 0.6) is 0 Å². The van der Waals surface area contributed by atoms with E-state index in [1.165, 1.54) is 0 Å². The average Bonchev–Trinajstić information content (AvgIpc) is 2.70. The number of nitrogens with zero attached hydrogens (tertiary/aromatic N) is 3. The second-order valence-corrected chi connectivity index (χ2v) is 5.75. The Balaban J connectivity index is 2.13. The highest BCUT2D eigenvalue weighted by molar-refractivity contribution is 9.09. The Morgan fingerprint density at radius 2 is 2.18 bits per heavy atom. The summed E-state index contributed by atoms with van der Waals surface area (Å²) in [6.07, 6.45) is 2.07. The fourth-order valence-electron chi connectivity index (χ4n) is 2.17. The molecule has 17 heavy (non-hydrogen) atoms. The highest BCUT2D eigenvalue weighted by Crippen LogP contribution is 2.19. The molecule has 0 unspecified atom stereocenters. The number of halogens is 1. The number of aromatic nitrogens is 2. The summed E-state index contributed by atoms with van der Waals surface area (Å²) in [7, 11) is 0. The zero-order chi connectivity index (χ0) is 12.4. The molecule has 1 amide bonds. The Hall–Kier alpha value is -0.840. The van der Waals surface area contributed by atoms with E-state index >= 15 is 0 Å². The van der Waals surface area contributed by atoms with Gasteiger partial charge in [0.2, 0.25) is 0 Å². The Morgan fingerprint density at radius 1 is 1.53 bits per heavy atom. The van der Waals surface area contributed by atoms with Gasteiger partial charge in [0.15, 0.2) is 0 Å². The van der Waals surface area contributed by atoms with Crippen LogP contribution >= 0.6 is 15.9 Å². The van der Waals surface area contributed by atoms with E-state index in [2.05, 4.69) is 21.0 Å². The van der Waals surface area contributed by atoms with Gasteiger partial charge < -0.3 is 4.90 Å². The predicted molar refractivity (Wildman–Crippen MR) is 70.5 cm³/mol. The molecule has 0 saturated carbocycles. The summed E-state index contributed by atoms with van der Waals surface area (Å²) < 4.78 is 1.79. The van der Waals surface area contributed by atoms with Gasteiger partial charge in [-0.3, -0.25) is 9.48 Å². The van der Waals surface area contributed by atoms with Gasteiger partial charge in [-0.2, -0.15) is 5.10 Å². The van der Waals surface area contributed by atoms with Crippen molar-refractivity contribution in [1.29, 1.82) is 0 Å². The number of likely N-dealkylation sites (tertiary alicyclic amines) is 1. The molecule has 0 aliphatic carbocycles. The van der Waals surface area contributed by atoms with E-state index < -0.39 is 0 Å². The van der Waals surface area contributed by atoms with Crippen LogP contribution in [0.1, 0.15) is 35.9 Å². The van der Waals surface area contributed by atoms with E-state index in [9.17, 15) is 4.79 Å². The maximum atomic E-state index is 12.3. The molecule has 0 atom stereocenters. The lowest BCUT2D eigenvalue weighted by Gasteiger charge is -2.29. The van der Waals surface area contributed by atoms with Crippen molar-refractivity contribution in [3.05, 3.63) is 17.5 Å². The SMILES string of the molecule is CCn1nc(C)cc1C(=O)N1CCC(Br)CC1. The van der Waals surface area contributed by atoms with Crippen molar-refractivity contribution in [1.82, 2.24) is 14.7 Å². The molecule has 0 aromatic carbocycles. The van der Waals surface area contributed by atoms with Crippen LogP contribution < -0.4 is 0 Å². The van der Waals surface area contributed by atoms with Crippen LogP contribution in [0.2, 0.25) is 0 Å². The number of alkyl halides is 1. The zero-order valence-electron chi connectivity index (χ0n) is 10.3. The Labute approximate surface area is 110 Å². The first kappa shape index (κ1) is 12.6. The van der Waals surface area contributed by atoms with Gasteiger partial charge in [-0.15, -0.1) is 0 Å². The molecule has 0 bridgehead atoms. The van der Waals surface area contributed by atoms with Gasteiger partial charge >= 0.3 is 0 Å². The Morgan fingerprint density at radius 3 is 2.76 bits per heavy atom. The van der Waals surface area contributed by atoms with Crippen LogP contribution in [0.3, 0.4) is 0 Å². The van der Waals surface area contributed by atoms with Crippen LogP contribution in [-0.2, 0) is 6.54 Å². The van der Waals surface area contributed by atoms with Crippen molar-refractivity contribution in [2.45, 2.75) is 38.1 Å². The monoisotopic (exact) mass is 299 g/mol. The van der Waals surface area contributed by atoms with E-state index in [1.54, 1.807) is 4.68 Å². The number of hydrogen-bond donors (Lipinski definition) is 0. The topological polar surface area (TPSA) is 38.1 Å². The normalized spacial score (nSPS) is 17.5. The van der Waals surface area contributed by atoms with Gasteiger partial charge in [-0.1, -0.05) is 15.9 Å². The lowest BCUT2D eigenvalue weighted by Crippen LogP contribution is -2.39. The molecule has 1 saturated heterocycles. The summed E-state index contributed by atoms with van der Waals surface area (Å²) in [5.41, 5.74) is 1.63. The van der Waals surface area contributed by atoms with Crippen LogP contribution in [0.15, 0.2) is 6.07 Å². The highest BCUT2D eigenvalue weighted by Gasteiger charge is 2.24. The molecule has 1 aliphatic rings. The summed E-state index contributed by atoms with van der Waals surface area (Å²) in [5, 5.41) is 4.32. The summed E-state index contributed by atoms with van der Waals surface area (Å²) >= 11 is 3.60. The van der Waals surface area contributed by atoms with Gasteiger partial charge in [-0.05, 0) is 32.8 Å². The van der Waals surface area contributed by atoms with Gasteiger partial charge in [0.25, 0.3) is 5.91 Å². The molecule has 4 nitrogen and oxygen atoms in total. The van der Waals surface area contributed by atoms with E-state index in [1.807, 2.05) is 24.8 Å². The zero-order valence-corrected chi connectivity index (χ0v) is 11.9. The number of amides is 1. The molecular formula is C12H18BrN3O. The molecule has 5 heteroatoms. The first-order chi connectivity index (χ1) is 8.11. The third-order valence-corrected chi connectivity index (χ3v) is 4.05. The highest BCUT2D eigenvalue weighted by atomic mass is 79.9. The van der Waals surface area contributed by atoms with Crippen molar-refractivity contribution in [2.24, 2.45) is 0 Å². The Bertz CT molecular complexity index is 408. The number of carbonyl (C=O) groups excluding carboxylic acids is 1. The van der Waals surface area contributed by atoms with Crippen molar-refractivity contribution in [2.75, 3.05) is 13.1 Å². The molecule has 1 fully saturated rings. The second kappa shape index (κ2) is 5.21. The molecule has 0 radical (unpaired) electrons. The summed E-state index contributed by atoms with van der Waals surface area (Å²) in [6.45, 7) is 6.34. The third-order valence-electron chi connectivity index (χ3n) is 3.13. The Kier molecular flexibility index (Phi) is 3.86. The van der Waals surface area contributed by atoms with Gasteiger partial charge in [0.05, 0.1) is 5.69 Å². The number of carbonyl (C=O) groups is 1. The van der Waals surface area contributed by atoms with Gasteiger partial charge in [-0.25, -0.2) is 0 Å². The quantitative estimate of drug-likeness (QED) is 0.785. The van der Waals surface area contributed by atoms with Gasteiger partial charge in [0, 0.05) is 24.5 Å². The van der Waals surface area contributed by atoms with Crippen LogP contribution in [0.4, 0.5) is 0 Å². The van der Waals surface area contributed by atoms with E-state index in [0.717, 1.165) is 43.9 Å².